The van der Waals surface area contributed by atoms with Gasteiger partial charge in [-0.15, -0.1) is 0 Å². The lowest BCUT2D eigenvalue weighted by atomic mass is 10.5. The molecule has 7 heteroatoms. The Morgan fingerprint density at radius 3 is 2.77 bits per heavy atom. The number of aryl methyl sites for hydroxylation is 1. The summed E-state index contributed by atoms with van der Waals surface area (Å²) in [6.07, 6.45) is 5.13. The maximum Gasteiger partial charge on any atom is 0.277 e. The zero-order valence-electron chi connectivity index (χ0n) is 6.74. The molecule has 0 amide bonds. The molecule has 1 heterocycles. The number of imidazole rings is 1. The van der Waals surface area contributed by atoms with Crippen molar-refractivity contribution in [1.29, 1.82) is 0 Å². The summed E-state index contributed by atoms with van der Waals surface area (Å²) in [7, 11) is -4.03. The summed E-state index contributed by atoms with van der Waals surface area (Å²) in [4.78, 5) is 3.79. The molecule has 0 fully saturated rings. The summed E-state index contributed by atoms with van der Waals surface area (Å²) in [5.74, 6) is 0. The molecule has 1 aromatic rings. The van der Waals surface area contributed by atoms with Crippen molar-refractivity contribution in [3.05, 3.63) is 18.7 Å². The van der Waals surface area contributed by atoms with Crippen LogP contribution in [-0.2, 0) is 16.7 Å². The molecule has 0 aromatic carbocycles. The average Bonchev–Trinajstić information content (AvgIpc) is 2.50. The molecule has 0 aliphatic rings. The van der Waals surface area contributed by atoms with Crippen molar-refractivity contribution in [2.24, 2.45) is 0 Å². The van der Waals surface area contributed by atoms with E-state index >= 15 is 0 Å². The summed E-state index contributed by atoms with van der Waals surface area (Å²) in [5, 5.41) is 0. The summed E-state index contributed by atoms with van der Waals surface area (Å²) in [5.41, 5.74) is 0. The number of aromatic nitrogens is 2. The molecule has 0 aliphatic heterocycles. The Bertz CT molecular complexity index is 346. The zero-order chi connectivity index (χ0) is 9.90. The molecule has 5 nitrogen and oxygen atoms in total. The molecule has 74 valence electrons. The van der Waals surface area contributed by atoms with Gasteiger partial charge in [0, 0.05) is 18.9 Å². The van der Waals surface area contributed by atoms with Gasteiger partial charge in [0.15, 0.2) is 0 Å². The third kappa shape index (κ3) is 3.37. The fourth-order valence-electron chi connectivity index (χ4n) is 0.827. The number of hydrogen-bond acceptors (Lipinski definition) is 4. The quantitative estimate of drug-likeness (QED) is 0.572. The van der Waals surface area contributed by atoms with E-state index in [9.17, 15) is 8.42 Å². The van der Waals surface area contributed by atoms with E-state index in [0.717, 1.165) is 0 Å². The van der Waals surface area contributed by atoms with E-state index in [2.05, 4.69) is 17.6 Å². The minimum atomic E-state index is -4.03. The Hall–Kier alpha value is -0.530. The van der Waals surface area contributed by atoms with Crippen LogP contribution in [0.2, 0.25) is 0 Å². The average molecular weight is 222 g/mol. The first-order chi connectivity index (χ1) is 6.00. The number of nitrogens with zero attached hydrogens (tertiary/aromatic N) is 2. The van der Waals surface area contributed by atoms with Crippen LogP contribution in [0.15, 0.2) is 18.7 Å². The molecule has 13 heavy (non-hydrogen) atoms. The normalized spacial score (nSPS) is 14.3. The van der Waals surface area contributed by atoms with Crippen LogP contribution in [-0.4, -0.2) is 27.1 Å². The highest BCUT2D eigenvalue weighted by atomic mass is 32.3. The molecule has 1 aromatic heterocycles. The lowest BCUT2D eigenvalue weighted by molar-refractivity contribution is 0.474. The molecule has 0 spiro atoms. The molecule has 0 saturated heterocycles. The summed E-state index contributed by atoms with van der Waals surface area (Å²) in [6, 6.07) is 0. The van der Waals surface area contributed by atoms with Crippen molar-refractivity contribution < 1.29 is 13.0 Å². The monoisotopic (exact) mass is 222 g/mol. The Morgan fingerprint density at radius 1 is 1.62 bits per heavy atom. The minimum absolute atomic E-state index is 0.248. The second kappa shape index (κ2) is 4.12. The van der Waals surface area contributed by atoms with E-state index in [1.54, 1.807) is 23.3 Å². The van der Waals surface area contributed by atoms with Gasteiger partial charge < -0.3 is 4.57 Å². The first kappa shape index (κ1) is 10.6. The molecule has 0 saturated carbocycles. The topological polar surface area (TPSA) is 72.2 Å². The minimum Gasteiger partial charge on any atom is -0.337 e. The molecule has 0 aliphatic carbocycles. The second-order valence-corrected chi connectivity index (χ2v) is 5.13. The fourth-order valence-corrected chi connectivity index (χ4v) is 1.35. The Morgan fingerprint density at radius 2 is 2.31 bits per heavy atom. The highest BCUT2D eigenvalue weighted by molar-refractivity contribution is 8.01. The third-order valence-electron chi connectivity index (χ3n) is 1.54. The molecular formula is C6H10N2O3S2. The van der Waals surface area contributed by atoms with Crippen LogP contribution in [0.5, 0.6) is 0 Å². The van der Waals surface area contributed by atoms with Gasteiger partial charge in [0.1, 0.15) is 4.58 Å². The van der Waals surface area contributed by atoms with Crippen LogP contribution in [0, 0.1) is 0 Å². The van der Waals surface area contributed by atoms with Gasteiger partial charge in [0.25, 0.3) is 10.1 Å². The van der Waals surface area contributed by atoms with Crippen molar-refractivity contribution in [1.82, 2.24) is 9.55 Å². The molecule has 1 N–H and O–H groups in total. The summed E-state index contributed by atoms with van der Waals surface area (Å²) in [6.45, 7) is 0.466. The summed E-state index contributed by atoms with van der Waals surface area (Å²) < 4.78 is 30.4. The van der Waals surface area contributed by atoms with Gasteiger partial charge in [0.2, 0.25) is 0 Å². The van der Waals surface area contributed by atoms with Crippen LogP contribution < -0.4 is 0 Å². The molecule has 1 atom stereocenters. The smallest absolute Gasteiger partial charge is 0.277 e. The van der Waals surface area contributed by atoms with Crippen molar-refractivity contribution in [2.45, 2.75) is 17.5 Å². The maximum atomic E-state index is 10.5. The van der Waals surface area contributed by atoms with E-state index in [1.165, 1.54) is 0 Å². The predicted molar refractivity (Wildman–Crippen MR) is 51.2 cm³/mol. The van der Waals surface area contributed by atoms with E-state index < -0.39 is 14.7 Å². The van der Waals surface area contributed by atoms with Gasteiger partial charge in [0.05, 0.1) is 6.33 Å². The lowest BCUT2D eigenvalue weighted by Crippen LogP contribution is -2.16. The van der Waals surface area contributed by atoms with Crippen LogP contribution in [0.1, 0.15) is 6.42 Å². The van der Waals surface area contributed by atoms with Crippen LogP contribution >= 0.6 is 12.6 Å². The Labute approximate surface area is 81.9 Å². The van der Waals surface area contributed by atoms with E-state index in [-0.39, 0.29) is 6.42 Å². The van der Waals surface area contributed by atoms with E-state index in [1.807, 2.05) is 0 Å². The van der Waals surface area contributed by atoms with Gasteiger partial charge in [-0.2, -0.15) is 21.0 Å². The highest BCUT2D eigenvalue weighted by Crippen LogP contribution is 2.09. The standard InChI is InChI=1S/C6H10N2O3S2/c9-13(10,11)6(12)1-3-8-4-2-7-5-8/h2,4-6,12H,1,3H2,(H,9,10,11). The molecule has 0 bridgehead atoms. The SMILES string of the molecule is O=S(=O)(O)C(S)CCn1ccnc1. The van der Waals surface area contributed by atoms with Crippen molar-refractivity contribution in [2.75, 3.05) is 0 Å². The van der Waals surface area contributed by atoms with Gasteiger partial charge in [-0.05, 0) is 6.42 Å². The molecular weight excluding hydrogens is 212 g/mol. The van der Waals surface area contributed by atoms with E-state index in [0.29, 0.717) is 6.54 Å². The first-order valence-electron chi connectivity index (χ1n) is 3.60. The Kier molecular flexibility index (Phi) is 3.34. The highest BCUT2D eigenvalue weighted by Gasteiger charge is 2.17. The molecule has 0 radical (unpaired) electrons. The van der Waals surface area contributed by atoms with Crippen molar-refractivity contribution >= 4 is 22.7 Å². The second-order valence-electron chi connectivity index (χ2n) is 2.56. The van der Waals surface area contributed by atoms with Gasteiger partial charge in [-0.25, -0.2) is 4.98 Å². The van der Waals surface area contributed by atoms with Crippen LogP contribution in [0.3, 0.4) is 0 Å². The lowest BCUT2D eigenvalue weighted by Gasteiger charge is -2.06. The zero-order valence-corrected chi connectivity index (χ0v) is 8.45. The van der Waals surface area contributed by atoms with Gasteiger partial charge >= 0.3 is 0 Å². The predicted octanol–water partition coefficient (Wildman–Crippen LogP) is 0.417. The first-order valence-corrected chi connectivity index (χ1v) is 5.62. The summed E-state index contributed by atoms with van der Waals surface area (Å²) >= 11 is 3.75. The van der Waals surface area contributed by atoms with Crippen molar-refractivity contribution in [3.8, 4) is 0 Å². The van der Waals surface area contributed by atoms with Crippen LogP contribution in [0.25, 0.3) is 0 Å². The molecule has 1 unspecified atom stereocenters. The van der Waals surface area contributed by atoms with E-state index in [4.69, 9.17) is 4.55 Å². The Balaban J connectivity index is 2.44. The number of rotatable bonds is 4. The largest absolute Gasteiger partial charge is 0.337 e. The molecule has 1 rings (SSSR count). The number of thiol groups is 1. The fraction of sp³-hybridized carbons (Fsp3) is 0.500. The van der Waals surface area contributed by atoms with Crippen LogP contribution in [0.4, 0.5) is 0 Å². The maximum absolute atomic E-state index is 10.5. The van der Waals surface area contributed by atoms with Gasteiger partial charge in [-0.1, -0.05) is 0 Å². The van der Waals surface area contributed by atoms with Crippen molar-refractivity contribution in [3.63, 3.8) is 0 Å². The number of hydrogen-bond donors (Lipinski definition) is 2. The third-order valence-corrected chi connectivity index (χ3v) is 3.52. The van der Waals surface area contributed by atoms with Gasteiger partial charge in [-0.3, -0.25) is 4.55 Å².